The monoisotopic (exact) mass is 413 g/mol. The van der Waals surface area contributed by atoms with Crippen LogP contribution < -0.4 is 5.32 Å². The highest BCUT2D eigenvalue weighted by Crippen LogP contribution is 2.18. The molecular weight excluding hydrogens is 390 g/mol. The number of ether oxygens (including phenoxy) is 1. The van der Waals surface area contributed by atoms with Gasteiger partial charge >= 0.3 is 5.97 Å². The van der Waals surface area contributed by atoms with E-state index in [9.17, 15) is 9.59 Å². The lowest BCUT2D eigenvalue weighted by atomic mass is 10.1. The second-order valence-electron chi connectivity index (χ2n) is 6.63. The SMILES string of the molecule is CCOC(=O)Cn1c(CCCNC(=O)Cc2ccccc2Cl)nc2ccccc21. The Morgan fingerprint density at radius 3 is 2.69 bits per heavy atom. The number of nitrogens with zero attached hydrogens (tertiary/aromatic N) is 2. The smallest absolute Gasteiger partial charge is 0.326 e. The van der Waals surface area contributed by atoms with Gasteiger partial charge in [-0.05, 0) is 37.1 Å². The van der Waals surface area contributed by atoms with Crippen molar-refractivity contribution in [3.05, 3.63) is 64.9 Å². The first-order valence-corrected chi connectivity index (χ1v) is 10.1. The van der Waals surface area contributed by atoms with Crippen molar-refractivity contribution in [3.8, 4) is 0 Å². The highest BCUT2D eigenvalue weighted by molar-refractivity contribution is 6.31. The second kappa shape index (κ2) is 10.1. The Kier molecular flexibility index (Phi) is 7.25. The summed E-state index contributed by atoms with van der Waals surface area (Å²) in [6, 6.07) is 15.0. The number of aryl methyl sites for hydroxylation is 1. The third-order valence-corrected chi connectivity index (χ3v) is 4.90. The molecule has 1 amide bonds. The van der Waals surface area contributed by atoms with Crippen LogP contribution in [0.4, 0.5) is 0 Å². The molecule has 152 valence electrons. The Balaban J connectivity index is 1.58. The van der Waals surface area contributed by atoms with Crippen LogP contribution in [-0.4, -0.2) is 34.6 Å². The summed E-state index contributed by atoms with van der Waals surface area (Å²) in [5.74, 6) is 0.447. The minimum absolute atomic E-state index is 0.0712. The van der Waals surface area contributed by atoms with Gasteiger partial charge in [0.15, 0.2) is 0 Å². The number of carbonyl (C=O) groups excluding carboxylic acids is 2. The normalized spacial score (nSPS) is 10.8. The number of esters is 1. The van der Waals surface area contributed by atoms with Gasteiger partial charge in [0.05, 0.1) is 24.1 Å². The van der Waals surface area contributed by atoms with Crippen LogP contribution in [0.1, 0.15) is 24.7 Å². The third-order valence-electron chi connectivity index (χ3n) is 4.53. The largest absolute Gasteiger partial charge is 0.465 e. The number of fused-ring (bicyclic) bond motifs is 1. The van der Waals surface area contributed by atoms with E-state index in [0.717, 1.165) is 22.4 Å². The number of rotatable bonds is 9. The molecule has 0 saturated heterocycles. The number of imidazole rings is 1. The zero-order chi connectivity index (χ0) is 20.6. The molecule has 0 bridgehead atoms. The van der Waals surface area contributed by atoms with Gasteiger partial charge in [0.2, 0.25) is 5.91 Å². The number of amides is 1. The van der Waals surface area contributed by atoms with E-state index < -0.39 is 0 Å². The summed E-state index contributed by atoms with van der Waals surface area (Å²) in [5, 5.41) is 3.51. The number of para-hydroxylation sites is 2. The van der Waals surface area contributed by atoms with Crippen molar-refractivity contribution in [1.82, 2.24) is 14.9 Å². The lowest BCUT2D eigenvalue weighted by molar-refractivity contribution is -0.143. The molecule has 0 spiro atoms. The van der Waals surface area contributed by atoms with Crippen LogP contribution in [0.15, 0.2) is 48.5 Å². The summed E-state index contributed by atoms with van der Waals surface area (Å²) in [5.41, 5.74) is 2.55. The maximum absolute atomic E-state index is 12.1. The van der Waals surface area contributed by atoms with Crippen molar-refractivity contribution in [2.45, 2.75) is 32.7 Å². The van der Waals surface area contributed by atoms with Crippen molar-refractivity contribution in [3.63, 3.8) is 0 Å². The molecule has 7 heteroatoms. The van der Waals surface area contributed by atoms with Crippen LogP contribution in [0.5, 0.6) is 0 Å². The molecule has 1 N–H and O–H groups in total. The summed E-state index contributed by atoms with van der Waals surface area (Å²) < 4.78 is 6.97. The van der Waals surface area contributed by atoms with Crippen LogP contribution in [0, 0.1) is 0 Å². The molecule has 0 unspecified atom stereocenters. The molecule has 0 aliphatic rings. The van der Waals surface area contributed by atoms with Gasteiger partial charge < -0.3 is 14.6 Å². The van der Waals surface area contributed by atoms with Crippen molar-refractivity contribution in [1.29, 1.82) is 0 Å². The molecule has 0 fully saturated rings. The molecule has 0 saturated carbocycles. The molecule has 6 nitrogen and oxygen atoms in total. The summed E-state index contributed by atoms with van der Waals surface area (Å²) in [6.07, 6.45) is 1.60. The van der Waals surface area contributed by atoms with E-state index in [1.165, 1.54) is 0 Å². The fourth-order valence-corrected chi connectivity index (χ4v) is 3.38. The summed E-state index contributed by atoms with van der Waals surface area (Å²) in [6.45, 7) is 2.78. The van der Waals surface area contributed by atoms with Gasteiger partial charge in [0.25, 0.3) is 0 Å². The van der Waals surface area contributed by atoms with Crippen LogP contribution in [0.25, 0.3) is 11.0 Å². The first-order valence-electron chi connectivity index (χ1n) is 9.68. The van der Waals surface area contributed by atoms with Gasteiger partial charge in [-0.15, -0.1) is 0 Å². The van der Waals surface area contributed by atoms with Gasteiger partial charge in [-0.1, -0.05) is 41.9 Å². The Hall–Kier alpha value is -2.86. The van der Waals surface area contributed by atoms with Crippen molar-refractivity contribution >= 4 is 34.5 Å². The van der Waals surface area contributed by atoms with E-state index in [4.69, 9.17) is 16.3 Å². The molecule has 0 atom stereocenters. The van der Waals surface area contributed by atoms with Gasteiger partial charge in [0, 0.05) is 18.0 Å². The molecular formula is C22H24ClN3O3. The summed E-state index contributed by atoms with van der Waals surface area (Å²) in [4.78, 5) is 28.8. The number of benzene rings is 2. The first kappa shape index (κ1) is 20.9. The molecule has 3 rings (SSSR count). The van der Waals surface area contributed by atoms with Crippen LogP contribution in [-0.2, 0) is 33.7 Å². The first-order chi connectivity index (χ1) is 14.1. The zero-order valence-corrected chi connectivity index (χ0v) is 17.1. The van der Waals surface area contributed by atoms with E-state index >= 15 is 0 Å². The highest BCUT2D eigenvalue weighted by Gasteiger charge is 2.14. The molecule has 29 heavy (non-hydrogen) atoms. The molecule has 3 aromatic rings. The Labute approximate surface area is 174 Å². The topological polar surface area (TPSA) is 73.2 Å². The van der Waals surface area contributed by atoms with Crippen LogP contribution >= 0.6 is 11.6 Å². The van der Waals surface area contributed by atoms with Gasteiger partial charge in [-0.25, -0.2) is 4.98 Å². The molecule has 0 aliphatic heterocycles. The van der Waals surface area contributed by atoms with Gasteiger partial charge in [-0.2, -0.15) is 0 Å². The number of carbonyl (C=O) groups is 2. The number of nitrogens with one attached hydrogen (secondary N) is 1. The van der Waals surface area contributed by atoms with Gasteiger partial charge in [-0.3, -0.25) is 9.59 Å². The summed E-state index contributed by atoms with van der Waals surface area (Å²) >= 11 is 6.10. The van der Waals surface area contributed by atoms with E-state index in [0.29, 0.717) is 31.0 Å². The van der Waals surface area contributed by atoms with Crippen molar-refractivity contribution in [2.24, 2.45) is 0 Å². The van der Waals surface area contributed by atoms with E-state index in [2.05, 4.69) is 10.3 Å². The maximum atomic E-state index is 12.1. The minimum Gasteiger partial charge on any atom is -0.465 e. The predicted octanol–water partition coefficient (Wildman–Crippen LogP) is 3.54. The third kappa shape index (κ3) is 5.57. The second-order valence-corrected chi connectivity index (χ2v) is 7.04. The predicted molar refractivity (Wildman–Crippen MR) is 113 cm³/mol. The number of hydrogen-bond acceptors (Lipinski definition) is 4. The quantitative estimate of drug-likeness (QED) is 0.430. The Morgan fingerprint density at radius 1 is 1.14 bits per heavy atom. The van der Waals surface area contributed by atoms with E-state index in [1.807, 2.05) is 47.0 Å². The van der Waals surface area contributed by atoms with E-state index in [1.54, 1.807) is 13.0 Å². The lowest BCUT2D eigenvalue weighted by Gasteiger charge is -2.09. The number of halogens is 1. The average molecular weight is 414 g/mol. The maximum Gasteiger partial charge on any atom is 0.326 e. The number of aromatic nitrogens is 2. The zero-order valence-electron chi connectivity index (χ0n) is 16.4. The Morgan fingerprint density at radius 2 is 1.90 bits per heavy atom. The lowest BCUT2D eigenvalue weighted by Crippen LogP contribution is -2.26. The average Bonchev–Trinajstić information content (AvgIpc) is 3.05. The van der Waals surface area contributed by atoms with Crippen LogP contribution in [0.2, 0.25) is 5.02 Å². The fraction of sp³-hybridized carbons (Fsp3) is 0.318. The molecule has 0 aliphatic carbocycles. The molecule has 1 aromatic heterocycles. The van der Waals surface area contributed by atoms with E-state index in [-0.39, 0.29) is 24.8 Å². The summed E-state index contributed by atoms with van der Waals surface area (Å²) in [7, 11) is 0. The molecule has 1 heterocycles. The standard InChI is InChI=1S/C22H24ClN3O3/c1-2-29-22(28)15-26-19-11-6-5-10-18(19)25-20(26)12-7-13-24-21(27)14-16-8-3-4-9-17(16)23/h3-6,8-11H,2,7,12-15H2,1H3,(H,24,27). The Bertz CT molecular complexity index is 1000. The van der Waals surface area contributed by atoms with Gasteiger partial charge in [0.1, 0.15) is 12.4 Å². The molecule has 0 radical (unpaired) electrons. The number of hydrogen-bond donors (Lipinski definition) is 1. The molecule has 2 aromatic carbocycles. The van der Waals surface area contributed by atoms with Crippen LogP contribution in [0.3, 0.4) is 0 Å². The fourth-order valence-electron chi connectivity index (χ4n) is 3.18. The van der Waals surface area contributed by atoms with Crippen molar-refractivity contribution < 1.29 is 14.3 Å². The highest BCUT2D eigenvalue weighted by atomic mass is 35.5. The minimum atomic E-state index is -0.287. The van der Waals surface area contributed by atoms with Crippen molar-refractivity contribution in [2.75, 3.05) is 13.2 Å².